The fourth-order valence-corrected chi connectivity index (χ4v) is 4.10. The Morgan fingerprint density at radius 3 is 2.55 bits per heavy atom. The van der Waals surface area contributed by atoms with Crippen molar-refractivity contribution in [3.63, 3.8) is 0 Å². The van der Waals surface area contributed by atoms with Gasteiger partial charge in [0.1, 0.15) is 5.78 Å². The molecular weight excluding hydrogens is 270 g/mol. The molecule has 108 valence electrons. The quantitative estimate of drug-likeness (QED) is 0.847. The molecule has 0 aromatic heterocycles. The smallest absolute Gasteiger partial charge is 0.140 e. The molecule has 2 bridgehead atoms. The molecule has 0 saturated carbocycles. The van der Waals surface area contributed by atoms with Crippen LogP contribution in [0.1, 0.15) is 36.8 Å². The van der Waals surface area contributed by atoms with E-state index in [9.17, 15) is 4.79 Å². The fourth-order valence-electron chi connectivity index (χ4n) is 3.80. The average Bonchev–Trinajstić information content (AvgIpc) is 2.64. The van der Waals surface area contributed by atoms with Gasteiger partial charge in [0.2, 0.25) is 0 Å². The number of aryl methyl sites for hydroxylation is 1. The number of halogens is 1. The van der Waals surface area contributed by atoms with E-state index in [0.29, 0.717) is 24.3 Å². The predicted octanol–water partition coefficient (Wildman–Crippen LogP) is 3.63. The Bertz CT molecular complexity index is 514. The van der Waals surface area contributed by atoms with Crippen LogP contribution in [0.2, 0.25) is 5.02 Å². The lowest BCUT2D eigenvalue weighted by atomic mass is 9.85. The van der Waals surface area contributed by atoms with Crippen LogP contribution in [0.4, 0.5) is 0 Å². The van der Waals surface area contributed by atoms with Crippen molar-refractivity contribution >= 4 is 17.4 Å². The van der Waals surface area contributed by atoms with Crippen LogP contribution in [0, 0.1) is 12.8 Å². The third kappa shape index (κ3) is 2.64. The monoisotopic (exact) mass is 291 g/mol. The summed E-state index contributed by atoms with van der Waals surface area (Å²) in [4.78, 5) is 15.0. The Hall–Kier alpha value is -0.860. The van der Waals surface area contributed by atoms with Crippen molar-refractivity contribution < 1.29 is 4.79 Å². The summed E-state index contributed by atoms with van der Waals surface area (Å²) in [7, 11) is 2.21. The predicted molar refractivity (Wildman–Crippen MR) is 82.2 cm³/mol. The van der Waals surface area contributed by atoms with E-state index < -0.39 is 0 Å². The van der Waals surface area contributed by atoms with E-state index in [1.165, 1.54) is 12.8 Å². The van der Waals surface area contributed by atoms with Crippen molar-refractivity contribution in [3.05, 3.63) is 34.3 Å². The van der Waals surface area contributed by atoms with Crippen molar-refractivity contribution in [2.75, 3.05) is 7.05 Å². The number of hydrogen-bond donors (Lipinski definition) is 0. The second-order valence-corrected chi connectivity index (χ2v) is 6.86. The first-order chi connectivity index (χ1) is 9.54. The van der Waals surface area contributed by atoms with Gasteiger partial charge < -0.3 is 4.90 Å². The highest BCUT2D eigenvalue weighted by Gasteiger charge is 2.40. The maximum absolute atomic E-state index is 12.6. The van der Waals surface area contributed by atoms with Gasteiger partial charge in [0.25, 0.3) is 0 Å². The molecule has 2 aliphatic rings. The van der Waals surface area contributed by atoms with Gasteiger partial charge in [-0.15, -0.1) is 0 Å². The first kappa shape index (κ1) is 14.1. The zero-order valence-corrected chi connectivity index (χ0v) is 13.0. The van der Waals surface area contributed by atoms with E-state index >= 15 is 0 Å². The summed E-state index contributed by atoms with van der Waals surface area (Å²) in [5.74, 6) is 0.613. The molecular formula is C17H22ClNO. The largest absolute Gasteiger partial charge is 0.300 e. The minimum Gasteiger partial charge on any atom is -0.300 e. The maximum Gasteiger partial charge on any atom is 0.140 e. The van der Waals surface area contributed by atoms with Crippen LogP contribution in [-0.4, -0.2) is 29.8 Å². The zero-order chi connectivity index (χ0) is 14.3. The molecule has 3 rings (SSSR count). The van der Waals surface area contributed by atoms with Gasteiger partial charge in [0, 0.05) is 29.4 Å². The van der Waals surface area contributed by atoms with E-state index in [1.807, 2.05) is 25.1 Å². The first-order valence-electron chi connectivity index (χ1n) is 7.54. The van der Waals surface area contributed by atoms with Gasteiger partial charge in [-0.2, -0.15) is 0 Å². The van der Waals surface area contributed by atoms with E-state index in [4.69, 9.17) is 11.6 Å². The Balaban J connectivity index is 1.68. The number of carbonyl (C=O) groups is 1. The summed E-state index contributed by atoms with van der Waals surface area (Å²) >= 11 is 6.24. The molecule has 2 heterocycles. The minimum atomic E-state index is 0.237. The lowest BCUT2D eigenvalue weighted by Crippen LogP contribution is -2.42. The van der Waals surface area contributed by atoms with Gasteiger partial charge in [0.15, 0.2) is 0 Å². The molecule has 0 N–H and O–H groups in total. The highest BCUT2D eigenvalue weighted by atomic mass is 35.5. The van der Waals surface area contributed by atoms with Gasteiger partial charge in [-0.25, -0.2) is 0 Å². The number of ketones is 1. The number of hydrogen-bond acceptors (Lipinski definition) is 2. The summed E-state index contributed by atoms with van der Waals surface area (Å²) in [5.41, 5.74) is 2.12. The molecule has 2 aliphatic heterocycles. The number of carbonyl (C=O) groups excluding carboxylic acids is 1. The summed E-state index contributed by atoms with van der Waals surface area (Å²) in [6.07, 6.45) is 5.09. The van der Waals surface area contributed by atoms with E-state index in [-0.39, 0.29) is 5.92 Å². The molecule has 0 radical (unpaired) electrons. The number of Topliss-reactive ketones (excluding diaryl/α,β-unsaturated/α-hetero) is 1. The fraction of sp³-hybridized carbons (Fsp3) is 0.588. The van der Waals surface area contributed by atoms with Gasteiger partial charge in [-0.1, -0.05) is 23.7 Å². The van der Waals surface area contributed by atoms with Crippen molar-refractivity contribution in [1.82, 2.24) is 4.90 Å². The molecule has 0 spiro atoms. The van der Waals surface area contributed by atoms with Crippen LogP contribution < -0.4 is 0 Å². The molecule has 2 unspecified atom stereocenters. The number of nitrogens with zero attached hydrogens (tertiary/aromatic N) is 1. The molecule has 2 fully saturated rings. The van der Waals surface area contributed by atoms with Gasteiger partial charge in [-0.3, -0.25) is 4.79 Å². The number of rotatable bonds is 3. The zero-order valence-electron chi connectivity index (χ0n) is 12.2. The first-order valence-corrected chi connectivity index (χ1v) is 7.92. The van der Waals surface area contributed by atoms with Crippen molar-refractivity contribution in [3.8, 4) is 0 Å². The van der Waals surface area contributed by atoms with Crippen LogP contribution in [0.5, 0.6) is 0 Å². The normalized spacial score (nSPS) is 29.6. The molecule has 1 aromatic rings. The molecule has 2 nitrogen and oxygen atoms in total. The van der Waals surface area contributed by atoms with Crippen molar-refractivity contribution in [2.45, 2.75) is 51.1 Å². The summed E-state index contributed by atoms with van der Waals surface area (Å²) in [5, 5.41) is 0.731. The molecule has 20 heavy (non-hydrogen) atoms. The molecule has 0 amide bonds. The standard InChI is InChI=1S/C17H22ClNO/c1-11-3-4-12(16(18)7-11)10-17(20)13-8-14-5-6-15(9-13)19(14)2/h3-4,7,13-15H,5-6,8-10H2,1-2H3. The summed E-state index contributed by atoms with van der Waals surface area (Å²) < 4.78 is 0. The van der Waals surface area contributed by atoms with Gasteiger partial charge in [-0.05, 0) is 56.8 Å². The van der Waals surface area contributed by atoms with Gasteiger partial charge >= 0.3 is 0 Å². The highest BCUT2D eigenvalue weighted by Crippen LogP contribution is 2.38. The van der Waals surface area contributed by atoms with E-state index in [0.717, 1.165) is 29.0 Å². The van der Waals surface area contributed by atoms with E-state index in [1.54, 1.807) is 0 Å². The Morgan fingerprint density at radius 2 is 1.95 bits per heavy atom. The number of piperidine rings is 1. The van der Waals surface area contributed by atoms with Crippen molar-refractivity contribution in [2.24, 2.45) is 5.92 Å². The Kier molecular flexibility index (Phi) is 3.87. The Labute approximate surface area is 126 Å². The molecule has 0 aliphatic carbocycles. The van der Waals surface area contributed by atoms with Crippen molar-refractivity contribution in [1.29, 1.82) is 0 Å². The van der Waals surface area contributed by atoms with Crippen LogP contribution in [0.15, 0.2) is 18.2 Å². The highest BCUT2D eigenvalue weighted by molar-refractivity contribution is 6.31. The second kappa shape index (κ2) is 5.50. The van der Waals surface area contributed by atoms with Crippen LogP contribution in [-0.2, 0) is 11.2 Å². The number of benzene rings is 1. The van der Waals surface area contributed by atoms with Gasteiger partial charge in [0.05, 0.1) is 0 Å². The Morgan fingerprint density at radius 1 is 1.30 bits per heavy atom. The molecule has 2 atom stereocenters. The lowest BCUT2D eigenvalue weighted by molar-refractivity contribution is -0.124. The van der Waals surface area contributed by atoms with Crippen LogP contribution in [0.25, 0.3) is 0 Å². The third-order valence-electron chi connectivity index (χ3n) is 5.13. The van der Waals surface area contributed by atoms with Crippen LogP contribution in [0.3, 0.4) is 0 Å². The topological polar surface area (TPSA) is 20.3 Å². The number of fused-ring (bicyclic) bond motifs is 2. The molecule has 2 saturated heterocycles. The lowest BCUT2D eigenvalue weighted by Gasteiger charge is -2.35. The third-order valence-corrected chi connectivity index (χ3v) is 5.48. The van der Waals surface area contributed by atoms with E-state index in [2.05, 4.69) is 11.9 Å². The maximum atomic E-state index is 12.6. The van der Waals surface area contributed by atoms with Crippen LogP contribution >= 0.6 is 11.6 Å². The second-order valence-electron chi connectivity index (χ2n) is 6.46. The SMILES string of the molecule is Cc1ccc(CC(=O)C2CC3CCC(C2)N3C)c(Cl)c1. The summed E-state index contributed by atoms with van der Waals surface area (Å²) in [6, 6.07) is 7.22. The minimum absolute atomic E-state index is 0.237. The molecule has 1 aromatic carbocycles. The average molecular weight is 292 g/mol. The molecule has 3 heteroatoms. The summed E-state index contributed by atoms with van der Waals surface area (Å²) in [6.45, 7) is 2.02.